The monoisotopic (exact) mass is 386 g/mol. The van der Waals surface area contributed by atoms with Gasteiger partial charge in [-0.05, 0) is 72.7 Å². The Morgan fingerprint density at radius 2 is 1.74 bits per heavy atom. The van der Waals surface area contributed by atoms with E-state index in [1.807, 2.05) is 24.3 Å². The summed E-state index contributed by atoms with van der Waals surface area (Å²) in [5.74, 6) is 0.380. The Bertz CT molecular complexity index is 889. The zero-order chi connectivity index (χ0) is 19.6. The fraction of sp³-hybridized carbons (Fsp3) is 0.455. The SMILES string of the molecule is CCCNC1Cc2ccc(N(C)S(=O)(=O)c3ccc(C(C)C)cc3)cc2C1. The molecule has 1 atom stereocenters. The molecule has 0 aliphatic heterocycles. The number of hydrogen-bond acceptors (Lipinski definition) is 3. The molecule has 1 unspecified atom stereocenters. The number of hydrogen-bond donors (Lipinski definition) is 1. The second-order valence-electron chi connectivity index (χ2n) is 7.71. The average Bonchev–Trinajstić information content (AvgIpc) is 3.07. The summed E-state index contributed by atoms with van der Waals surface area (Å²) >= 11 is 0. The van der Waals surface area contributed by atoms with E-state index in [0.29, 0.717) is 16.9 Å². The predicted octanol–water partition coefficient (Wildman–Crippen LogP) is 4.10. The van der Waals surface area contributed by atoms with Crippen LogP contribution in [0, 0.1) is 0 Å². The van der Waals surface area contributed by atoms with Crippen LogP contribution in [0.3, 0.4) is 0 Å². The first kappa shape index (κ1) is 19.9. The molecule has 0 radical (unpaired) electrons. The van der Waals surface area contributed by atoms with Gasteiger partial charge in [-0.3, -0.25) is 4.31 Å². The van der Waals surface area contributed by atoms with Gasteiger partial charge < -0.3 is 5.32 Å². The third kappa shape index (κ3) is 4.19. The number of anilines is 1. The summed E-state index contributed by atoms with van der Waals surface area (Å²) in [5.41, 5.74) is 4.43. The lowest BCUT2D eigenvalue weighted by molar-refractivity contribution is 0.531. The quantitative estimate of drug-likeness (QED) is 0.779. The molecule has 3 rings (SSSR count). The van der Waals surface area contributed by atoms with Gasteiger partial charge in [0.1, 0.15) is 0 Å². The minimum Gasteiger partial charge on any atom is -0.313 e. The Morgan fingerprint density at radius 3 is 2.37 bits per heavy atom. The van der Waals surface area contributed by atoms with Crippen LogP contribution in [-0.2, 0) is 22.9 Å². The fourth-order valence-corrected chi connectivity index (χ4v) is 4.80. The smallest absolute Gasteiger partial charge is 0.264 e. The van der Waals surface area contributed by atoms with Gasteiger partial charge in [-0.2, -0.15) is 0 Å². The lowest BCUT2D eigenvalue weighted by atomic mass is 10.0. The molecule has 0 saturated carbocycles. The van der Waals surface area contributed by atoms with E-state index in [0.717, 1.165) is 37.1 Å². The zero-order valence-corrected chi connectivity index (χ0v) is 17.5. The summed E-state index contributed by atoms with van der Waals surface area (Å²) < 4.78 is 27.5. The minimum absolute atomic E-state index is 0.331. The summed E-state index contributed by atoms with van der Waals surface area (Å²) in [5, 5.41) is 3.57. The fourth-order valence-electron chi connectivity index (χ4n) is 3.61. The van der Waals surface area contributed by atoms with Crippen molar-refractivity contribution in [1.29, 1.82) is 0 Å². The molecule has 4 nitrogen and oxygen atoms in total. The van der Waals surface area contributed by atoms with Crippen LogP contribution in [-0.4, -0.2) is 28.1 Å². The topological polar surface area (TPSA) is 49.4 Å². The molecule has 1 N–H and O–H groups in total. The summed E-state index contributed by atoms with van der Waals surface area (Å²) in [6, 6.07) is 13.7. The van der Waals surface area contributed by atoms with Gasteiger partial charge in [0.2, 0.25) is 0 Å². The van der Waals surface area contributed by atoms with Crippen molar-refractivity contribution in [3.05, 3.63) is 59.2 Å². The number of fused-ring (bicyclic) bond motifs is 1. The number of rotatable bonds is 7. The van der Waals surface area contributed by atoms with Crippen LogP contribution < -0.4 is 9.62 Å². The summed E-state index contributed by atoms with van der Waals surface area (Å²) in [6.07, 6.45) is 3.09. The van der Waals surface area contributed by atoms with Gasteiger partial charge in [-0.15, -0.1) is 0 Å². The van der Waals surface area contributed by atoms with E-state index < -0.39 is 10.0 Å². The summed E-state index contributed by atoms with van der Waals surface area (Å²) in [4.78, 5) is 0.331. The van der Waals surface area contributed by atoms with Gasteiger partial charge in [-0.25, -0.2) is 8.42 Å². The Hall–Kier alpha value is -1.85. The van der Waals surface area contributed by atoms with Crippen LogP contribution in [0.4, 0.5) is 5.69 Å². The number of nitrogens with zero attached hydrogens (tertiary/aromatic N) is 1. The largest absolute Gasteiger partial charge is 0.313 e. The van der Waals surface area contributed by atoms with Gasteiger partial charge >= 0.3 is 0 Å². The van der Waals surface area contributed by atoms with Crippen LogP contribution in [0.1, 0.15) is 49.8 Å². The molecule has 1 aliphatic rings. The summed E-state index contributed by atoms with van der Waals surface area (Å²) in [6.45, 7) is 7.39. The normalized spacial score (nSPS) is 16.6. The van der Waals surface area contributed by atoms with Crippen LogP contribution in [0.15, 0.2) is 47.4 Å². The Kier molecular flexibility index (Phi) is 5.92. The Morgan fingerprint density at radius 1 is 1.07 bits per heavy atom. The maximum absolute atomic E-state index is 13.0. The molecule has 146 valence electrons. The highest BCUT2D eigenvalue weighted by Crippen LogP contribution is 2.29. The lowest BCUT2D eigenvalue weighted by Gasteiger charge is -2.20. The maximum Gasteiger partial charge on any atom is 0.264 e. The van der Waals surface area contributed by atoms with Crippen molar-refractivity contribution in [2.75, 3.05) is 17.9 Å². The number of nitrogens with one attached hydrogen (secondary N) is 1. The molecule has 0 saturated heterocycles. The standard InChI is InChI=1S/C22H30N2O2S/c1-5-12-23-20-13-18-6-9-21(15-19(18)14-20)24(4)27(25,26)22-10-7-17(8-11-22)16(2)3/h6-11,15-16,20,23H,5,12-14H2,1-4H3. The minimum atomic E-state index is -3.56. The predicted molar refractivity (Wildman–Crippen MR) is 112 cm³/mol. The molecule has 0 spiro atoms. The molecular weight excluding hydrogens is 356 g/mol. The lowest BCUT2D eigenvalue weighted by Crippen LogP contribution is -2.30. The van der Waals surface area contributed by atoms with E-state index in [1.165, 1.54) is 15.4 Å². The van der Waals surface area contributed by atoms with Gasteiger partial charge in [0.05, 0.1) is 10.6 Å². The Labute approximate surface area is 163 Å². The van der Waals surface area contributed by atoms with Crippen LogP contribution in [0.2, 0.25) is 0 Å². The molecular formula is C22H30N2O2S. The van der Waals surface area contributed by atoms with Gasteiger partial charge in [-0.1, -0.05) is 39.0 Å². The average molecular weight is 387 g/mol. The van der Waals surface area contributed by atoms with E-state index in [4.69, 9.17) is 0 Å². The molecule has 27 heavy (non-hydrogen) atoms. The van der Waals surface area contributed by atoms with Crippen molar-refractivity contribution < 1.29 is 8.42 Å². The first-order valence-electron chi connectivity index (χ1n) is 9.77. The van der Waals surface area contributed by atoms with Gasteiger partial charge in [0.25, 0.3) is 10.0 Å². The molecule has 5 heteroatoms. The molecule has 0 bridgehead atoms. The van der Waals surface area contributed by atoms with Crippen LogP contribution in [0.5, 0.6) is 0 Å². The highest BCUT2D eigenvalue weighted by Gasteiger charge is 2.25. The van der Waals surface area contributed by atoms with Crippen LogP contribution in [0.25, 0.3) is 0 Å². The molecule has 1 aliphatic carbocycles. The molecule has 0 fully saturated rings. The van der Waals surface area contributed by atoms with E-state index >= 15 is 0 Å². The second kappa shape index (κ2) is 8.03. The molecule has 2 aromatic carbocycles. The van der Waals surface area contributed by atoms with Crippen molar-refractivity contribution in [1.82, 2.24) is 5.32 Å². The highest BCUT2D eigenvalue weighted by atomic mass is 32.2. The first-order chi connectivity index (χ1) is 12.8. The zero-order valence-electron chi connectivity index (χ0n) is 16.7. The second-order valence-corrected chi connectivity index (χ2v) is 9.68. The maximum atomic E-state index is 13.0. The van der Waals surface area contributed by atoms with Crippen molar-refractivity contribution in [2.24, 2.45) is 0 Å². The van der Waals surface area contributed by atoms with Crippen molar-refractivity contribution in [3.8, 4) is 0 Å². The van der Waals surface area contributed by atoms with Gasteiger partial charge in [0.15, 0.2) is 0 Å². The Balaban J connectivity index is 1.81. The van der Waals surface area contributed by atoms with E-state index in [-0.39, 0.29) is 0 Å². The van der Waals surface area contributed by atoms with E-state index in [9.17, 15) is 8.42 Å². The molecule has 0 heterocycles. The number of benzene rings is 2. The third-order valence-corrected chi connectivity index (χ3v) is 7.17. The van der Waals surface area contributed by atoms with Crippen molar-refractivity contribution in [3.63, 3.8) is 0 Å². The molecule has 0 aromatic heterocycles. The first-order valence-corrected chi connectivity index (χ1v) is 11.2. The van der Waals surface area contributed by atoms with E-state index in [1.54, 1.807) is 19.2 Å². The third-order valence-electron chi connectivity index (χ3n) is 5.37. The number of sulfonamides is 1. The van der Waals surface area contributed by atoms with Crippen molar-refractivity contribution in [2.45, 2.75) is 56.9 Å². The highest BCUT2D eigenvalue weighted by molar-refractivity contribution is 7.92. The molecule has 2 aromatic rings. The van der Waals surface area contributed by atoms with Gasteiger partial charge in [0, 0.05) is 13.1 Å². The van der Waals surface area contributed by atoms with E-state index in [2.05, 4.69) is 32.2 Å². The van der Waals surface area contributed by atoms with Crippen molar-refractivity contribution >= 4 is 15.7 Å². The van der Waals surface area contributed by atoms with Crippen LogP contribution >= 0.6 is 0 Å². The molecule has 0 amide bonds. The summed E-state index contributed by atoms with van der Waals surface area (Å²) in [7, 11) is -1.93.